The van der Waals surface area contributed by atoms with Gasteiger partial charge in [-0.1, -0.05) is 38.5 Å². The number of benzene rings is 1. The zero-order valence-corrected chi connectivity index (χ0v) is 12.9. The molecule has 2 N–H and O–H groups in total. The monoisotopic (exact) mass is 295 g/mol. The summed E-state index contributed by atoms with van der Waals surface area (Å²) in [7, 11) is 0. The number of thioether (sulfide) groups is 1. The second kappa shape index (κ2) is 7.94. The molecule has 0 saturated carbocycles. The summed E-state index contributed by atoms with van der Waals surface area (Å²) in [6.45, 7) is 5.72. The number of rotatable bonds is 7. The number of carbonyl (C=O) groups excluding carboxylic acids is 1. The molecule has 20 heavy (non-hydrogen) atoms. The van der Waals surface area contributed by atoms with Gasteiger partial charge >= 0.3 is 5.97 Å². The van der Waals surface area contributed by atoms with Crippen molar-refractivity contribution in [3.8, 4) is 0 Å². The Labute approximate surface area is 124 Å². The second-order valence-corrected chi connectivity index (χ2v) is 5.84. The maximum absolute atomic E-state index is 11.9. The van der Waals surface area contributed by atoms with E-state index in [0.717, 1.165) is 10.5 Å². The molecule has 0 fully saturated rings. The van der Waals surface area contributed by atoms with Crippen molar-refractivity contribution < 1.29 is 14.7 Å². The second-order valence-electron chi connectivity index (χ2n) is 4.82. The molecule has 1 aromatic carbocycles. The number of hydrogen-bond donors (Lipinski definition) is 2. The van der Waals surface area contributed by atoms with Crippen LogP contribution in [0.15, 0.2) is 29.2 Å². The summed E-state index contributed by atoms with van der Waals surface area (Å²) < 4.78 is 0. The van der Waals surface area contributed by atoms with Crippen LogP contribution in [-0.2, 0) is 9.59 Å². The summed E-state index contributed by atoms with van der Waals surface area (Å²) in [5.41, 5.74) is 1.11. The van der Waals surface area contributed by atoms with E-state index < -0.39 is 12.0 Å². The first-order valence-corrected chi connectivity index (χ1v) is 7.64. The zero-order valence-electron chi connectivity index (χ0n) is 12.1. The largest absolute Gasteiger partial charge is 0.480 e. The molecule has 0 saturated heterocycles. The van der Waals surface area contributed by atoms with Crippen LogP contribution < -0.4 is 5.32 Å². The maximum atomic E-state index is 11.9. The average molecular weight is 295 g/mol. The molecule has 0 aliphatic carbocycles. The standard InChI is InChI=1S/C15H21NO3S/c1-4-10(2)14(15(18)19)16-13(17)9-20-12-8-6-5-7-11(12)3/h5-8,10,14H,4,9H2,1-3H3,(H,16,17)(H,18,19)/t10-,14-/m0/s1. The third-order valence-corrected chi connectivity index (χ3v) is 4.42. The minimum absolute atomic E-state index is 0.0834. The highest BCUT2D eigenvalue weighted by molar-refractivity contribution is 8.00. The lowest BCUT2D eigenvalue weighted by Gasteiger charge is -2.20. The maximum Gasteiger partial charge on any atom is 0.326 e. The molecule has 0 bridgehead atoms. The summed E-state index contributed by atoms with van der Waals surface area (Å²) in [6, 6.07) is 7.00. The Bertz CT molecular complexity index is 476. The molecule has 0 radical (unpaired) electrons. The lowest BCUT2D eigenvalue weighted by molar-refractivity contribution is -0.143. The van der Waals surface area contributed by atoms with Gasteiger partial charge in [-0.25, -0.2) is 4.79 Å². The third-order valence-electron chi connectivity index (χ3n) is 3.25. The number of aliphatic carboxylic acids is 1. The van der Waals surface area contributed by atoms with E-state index in [2.05, 4.69) is 5.32 Å². The van der Waals surface area contributed by atoms with Crippen LogP contribution in [0.2, 0.25) is 0 Å². The SMILES string of the molecule is CC[C@H](C)[C@H](NC(=O)CSc1ccccc1C)C(=O)O. The van der Waals surface area contributed by atoms with Gasteiger partial charge in [0.15, 0.2) is 0 Å². The van der Waals surface area contributed by atoms with Crippen LogP contribution in [-0.4, -0.2) is 28.8 Å². The number of carbonyl (C=O) groups is 2. The van der Waals surface area contributed by atoms with Crippen LogP contribution in [0.1, 0.15) is 25.8 Å². The van der Waals surface area contributed by atoms with Gasteiger partial charge in [0.2, 0.25) is 5.91 Å². The number of hydrogen-bond acceptors (Lipinski definition) is 3. The number of aryl methyl sites for hydroxylation is 1. The minimum atomic E-state index is -0.978. The first kappa shape index (κ1) is 16.6. The van der Waals surface area contributed by atoms with Crippen LogP contribution in [0.4, 0.5) is 0 Å². The highest BCUT2D eigenvalue weighted by Crippen LogP contribution is 2.21. The Hall–Kier alpha value is -1.49. The number of nitrogens with one attached hydrogen (secondary N) is 1. The van der Waals surface area contributed by atoms with Crippen molar-refractivity contribution in [3.05, 3.63) is 29.8 Å². The zero-order chi connectivity index (χ0) is 15.1. The normalized spacial score (nSPS) is 13.6. The van der Waals surface area contributed by atoms with E-state index in [1.54, 1.807) is 0 Å². The fourth-order valence-corrected chi connectivity index (χ4v) is 2.60. The van der Waals surface area contributed by atoms with Crippen molar-refractivity contribution in [3.63, 3.8) is 0 Å². The summed E-state index contributed by atoms with van der Waals surface area (Å²) >= 11 is 1.42. The molecular weight excluding hydrogens is 274 g/mol. The predicted octanol–water partition coefficient (Wildman–Crippen LogP) is 2.70. The number of carboxylic acid groups (broad SMARTS) is 1. The van der Waals surface area contributed by atoms with E-state index in [1.807, 2.05) is 45.0 Å². The quantitative estimate of drug-likeness (QED) is 0.759. The lowest BCUT2D eigenvalue weighted by atomic mass is 9.99. The van der Waals surface area contributed by atoms with Crippen LogP contribution in [0.25, 0.3) is 0 Å². The van der Waals surface area contributed by atoms with Gasteiger partial charge in [-0.2, -0.15) is 0 Å². The van der Waals surface area contributed by atoms with Gasteiger partial charge in [0.25, 0.3) is 0 Å². The van der Waals surface area contributed by atoms with Crippen molar-refractivity contribution in [1.82, 2.24) is 5.32 Å². The van der Waals surface area contributed by atoms with Crippen LogP contribution in [0, 0.1) is 12.8 Å². The van der Waals surface area contributed by atoms with Gasteiger partial charge in [-0.15, -0.1) is 11.8 Å². The van der Waals surface area contributed by atoms with Gasteiger partial charge < -0.3 is 10.4 Å². The van der Waals surface area contributed by atoms with E-state index in [0.29, 0.717) is 6.42 Å². The Morgan fingerprint density at radius 2 is 2.00 bits per heavy atom. The molecule has 0 aliphatic heterocycles. The lowest BCUT2D eigenvalue weighted by Crippen LogP contribution is -2.45. The summed E-state index contributed by atoms with van der Waals surface area (Å²) in [5, 5.41) is 11.7. The van der Waals surface area contributed by atoms with Gasteiger partial charge in [0, 0.05) is 4.90 Å². The minimum Gasteiger partial charge on any atom is -0.480 e. The molecule has 0 unspecified atom stereocenters. The molecule has 5 heteroatoms. The van der Waals surface area contributed by atoms with Crippen molar-refractivity contribution in [2.75, 3.05) is 5.75 Å². The van der Waals surface area contributed by atoms with Crippen LogP contribution in [0.5, 0.6) is 0 Å². The predicted molar refractivity (Wildman–Crippen MR) is 80.9 cm³/mol. The molecule has 4 nitrogen and oxygen atoms in total. The van der Waals surface area contributed by atoms with E-state index in [1.165, 1.54) is 11.8 Å². The molecule has 0 aromatic heterocycles. The topological polar surface area (TPSA) is 66.4 Å². The molecular formula is C15H21NO3S. The van der Waals surface area contributed by atoms with Crippen molar-refractivity contribution in [2.24, 2.45) is 5.92 Å². The van der Waals surface area contributed by atoms with Crippen LogP contribution in [0.3, 0.4) is 0 Å². The summed E-state index contributed by atoms with van der Waals surface area (Å²) in [4.78, 5) is 24.0. The fraction of sp³-hybridized carbons (Fsp3) is 0.467. The Balaban J connectivity index is 2.55. The average Bonchev–Trinajstić information content (AvgIpc) is 2.42. The third kappa shape index (κ3) is 4.89. The molecule has 0 aliphatic rings. The first-order valence-electron chi connectivity index (χ1n) is 6.66. The highest BCUT2D eigenvalue weighted by atomic mass is 32.2. The van der Waals surface area contributed by atoms with Gasteiger partial charge in [-0.3, -0.25) is 4.79 Å². The van der Waals surface area contributed by atoms with Gasteiger partial charge in [-0.05, 0) is 24.5 Å². The molecule has 2 atom stereocenters. The Kier molecular flexibility index (Phi) is 6.58. The van der Waals surface area contributed by atoms with E-state index in [4.69, 9.17) is 5.11 Å². The fourth-order valence-electron chi connectivity index (χ4n) is 1.76. The smallest absolute Gasteiger partial charge is 0.326 e. The molecule has 1 aromatic rings. The molecule has 0 heterocycles. The van der Waals surface area contributed by atoms with Gasteiger partial charge in [0.05, 0.1) is 5.75 Å². The molecule has 1 rings (SSSR count). The number of amides is 1. The Morgan fingerprint density at radius 3 is 2.55 bits per heavy atom. The van der Waals surface area contributed by atoms with Crippen molar-refractivity contribution >= 4 is 23.6 Å². The summed E-state index contributed by atoms with van der Waals surface area (Å²) in [6.07, 6.45) is 0.710. The summed E-state index contributed by atoms with van der Waals surface area (Å²) in [5.74, 6) is -1.08. The van der Waals surface area contributed by atoms with Crippen molar-refractivity contribution in [2.45, 2.75) is 38.1 Å². The Morgan fingerprint density at radius 1 is 1.35 bits per heavy atom. The van der Waals surface area contributed by atoms with Crippen molar-refractivity contribution in [1.29, 1.82) is 0 Å². The highest BCUT2D eigenvalue weighted by Gasteiger charge is 2.25. The van der Waals surface area contributed by atoms with Gasteiger partial charge in [0.1, 0.15) is 6.04 Å². The molecule has 110 valence electrons. The molecule has 1 amide bonds. The van der Waals surface area contributed by atoms with Crippen LogP contribution >= 0.6 is 11.8 Å². The van der Waals surface area contributed by atoms with E-state index in [9.17, 15) is 9.59 Å². The first-order chi connectivity index (χ1) is 9.45. The van der Waals surface area contributed by atoms with E-state index in [-0.39, 0.29) is 17.6 Å². The number of carboxylic acids is 1. The van der Waals surface area contributed by atoms with E-state index >= 15 is 0 Å². The molecule has 0 spiro atoms.